The Bertz CT molecular complexity index is 724. The zero-order chi connectivity index (χ0) is 17.1. The van der Waals surface area contributed by atoms with Crippen LogP contribution in [0.3, 0.4) is 0 Å². The molecule has 0 radical (unpaired) electrons. The lowest BCUT2D eigenvalue weighted by Crippen LogP contribution is -2.44. The van der Waals surface area contributed by atoms with Crippen molar-refractivity contribution < 1.29 is 15.0 Å². The van der Waals surface area contributed by atoms with Crippen molar-refractivity contribution in [1.82, 2.24) is 25.1 Å². The normalized spacial score (nSPS) is 19.8. The molecule has 1 amide bonds. The number of hydrogen-bond acceptors (Lipinski definition) is 6. The van der Waals surface area contributed by atoms with E-state index in [1.807, 2.05) is 11.5 Å². The molecule has 0 saturated heterocycles. The van der Waals surface area contributed by atoms with Crippen LogP contribution >= 0.6 is 0 Å². The molecule has 0 aromatic carbocycles. The van der Waals surface area contributed by atoms with Gasteiger partial charge >= 0.3 is 0 Å². The highest BCUT2D eigenvalue weighted by atomic mass is 16.3. The van der Waals surface area contributed by atoms with Crippen LogP contribution in [0.4, 0.5) is 0 Å². The predicted octanol–water partition coefficient (Wildman–Crippen LogP) is 0.354. The van der Waals surface area contributed by atoms with Crippen LogP contribution in [0.15, 0.2) is 18.3 Å². The lowest BCUT2D eigenvalue weighted by Gasteiger charge is -2.35. The number of carbonyl (C=O) groups is 1. The average molecular weight is 331 g/mol. The van der Waals surface area contributed by atoms with Crippen molar-refractivity contribution in [3.8, 4) is 0 Å². The van der Waals surface area contributed by atoms with Crippen LogP contribution in [-0.2, 0) is 19.8 Å². The highest BCUT2D eigenvalue weighted by Gasteiger charge is 2.35. The summed E-state index contributed by atoms with van der Waals surface area (Å²) in [4.78, 5) is 16.3. The van der Waals surface area contributed by atoms with Crippen molar-refractivity contribution in [3.63, 3.8) is 0 Å². The van der Waals surface area contributed by atoms with Crippen LogP contribution in [0.5, 0.6) is 0 Å². The van der Waals surface area contributed by atoms with Crippen LogP contribution in [0.2, 0.25) is 0 Å². The second-order valence-corrected chi connectivity index (χ2v) is 5.92. The zero-order valence-electron chi connectivity index (χ0n) is 13.5. The van der Waals surface area contributed by atoms with Crippen LogP contribution in [0.25, 0.3) is 0 Å². The standard InChI is InChI=1S/C16H21N5O3/c1-2-21-14(9-23)19-20-15(21)11-6-12(7-11)18-16(24)13-5-10(8-22)3-4-17-13/h3-5,11-12,22-23H,2,6-9H2,1H3,(H,18,24). The largest absolute Gasteiger partial charge is 0.392 e. The van der Waals surface area contributed by atoms with E-state index in [4.69, 9.17) is 5.11 Å². The molecule has 2 heterocycles. The lowest BCUT2D eigenvalue weighted by molar-refractivity contribution is 0.0901. The van der Waals surface area contributed by atoms with Gasteiger partial charge in [-0.2, -0.15) is 0 Å². The summed E-state index contributed by atoms with van der Waals surface area (Å²) in [6.07, 6.45) is 3.09. The van der Waals surface area contributed by atoms with Gasteiger partial charge in [0.1, 0.15) is 18.1 Å². The molecule has 3 rings (SSSR count). The summed E-state index contributed by atoms with van der Waals surface area (Å²) in [5, 5.41) is 29.5. The Labute approximate surface area is 139 Å². The van der Waals surface area contributed by atoms with Crippen molar-refractivity contribution in [1.29, 1.82) is 0 Å². The summed E-state index contributed by atoms with van der Waals surface area (Å²) in [7, 11) is 0. The van der Waals surface area contributed by atoms with Gasteiger partial charge in [-0.15, -0.1) is 10.2 Å². The highest BCUT2D eigenvalue weighted by Crippen LogP contribution is 2.36. The summed E-state index contributed by atoms with van der Waals surface area (Å²) < 4.78 is 1.93. The minimum atomic E-state index is -0.234. The molecule has 1 aliphatic rings. The first-order chi connectivity index (χ1) is 11.7. The molecular formula is C16H21N5O3. The van der Waals surface area contributed by atoms with Crippen molar-refractivity contribution in [3.05, 3.63) is 41.2 Å². The smallest absolute Gasteiger partial charge is 0.270 e. The van der Waals surface area contributed by atoms with Crippen LogP contribution in [-0.4, -0.2) is 41.9 Å². The van der Waals surface area contributed by atoms with Gasteiger partial charge in [0.2, 0.25) is 0 Å². The first-order valence-electron chi connectivity index (χ1n) is 8.05. The Morgan fingerprint density at radius 3 is 2.79 bits per heavy atom. The molecule has 0 unspecified atom stereocenters. The van der Waals surface area contributed by atoms with Gasteiger partial charge in [0.05, 0.1) is 6.61 Å². The molecule has 1 saturated carbocycles. The van der Waals surface area contributed by atoms with E-state index < -0.39 is 0 Å². The fraction of sp³-hybridized carbons (Fsp3) is 0.500. The van der Waals surface area contributed by atoms with Gasteiger partial charge in [-0.05, 0) is 37.5 Å². The summed E-state index contributed by atoms with van der Waals surface area (Å²) in [6.45, 7) is 2.46. The van der Waals surface area contributed by atoms with Gasteiger partial charge in [0.25, 0.3) is 5.91 Å². The van der Waals surface area contributed by atoms with E-state index in [1.165, 1.54) is 6.20 Å². The maximum absolute atomic E-state index is 12.2. The third kappa shape index (κ3) is 3.15. The second-order valence-electron chi connectivity index (χ2n) is 5.92. The lowest BCUT2D eigenvalue weighted by atomic mass is 9.79. The molecule has 0 bridgehead atoms. The Morgan fingerprint density at radius 2 is 2.12 bits per heavy atom. The quantitative estimate of drug-likeness (QED) is 0.704. The van der Waals surface area contributed by atoms with Gasteiger partial charge < -0.3 is 20.1 Å². The zero-order valence-corrected chi connectivity index (χ0v) is 13.5. The van der Waals surface area contributed by atoms with E-state index in [-0.39, 0.29) is 31.1 Å². The molecule has 8 heteroatoms. The molecule has 0 spiro atoms. The maximum Gasteiger partial charge on any atom is 0.270 e. The van der Waals surface area contributed by atoms with Crippen LogP contribution < -0.4 is 5.32 Å². The average Bonchev–Trinajstić information content (AvgIpc) is 2.99. The van der Waals surface area contributed by atoms with E-state index >= 15 is 0 Å². The SMILES string of the molecule is CCn1c(CO)nnc1C1CC(NC(=O)c2cc(CO)ccn2)C1. The van der Waals surface area contributed by atoms with E-state index in [0.29, 0.717) is 23.6 Å². The Kier molecular flexibility index (Phi) is 4.86. The van der Waals surface area contributed by atoms with Crippen LogP contribution in [0, 0.1) is 0 Å². The number of hydrogen-bond donors (Lipinski definition) is 3. The van der Waals surface area contributed by atoms with E-state index in [9.17, 15) is 9.90 Å². The number of aliphatic hydroxyl groups excluding tert-OH is 2. The number of nitrogens with one attached hydrogen (secondary N) is 1. The molecule has 8 nitrogen and oxygen atoms in total. The van der Waals surface area contributed by atoms with Crippen molar-refractivity contribution in [2.45, 2.75) is 51.5 Å². The molecule has 2 aromatic heterocycles. The number of pyridine rings is 1. The molecule has 1 fully saturated rings. The number of aromatic nitrogens is 4. The van der Waals surface area contributed by atoms with E-state index in [1.54, 1.807) is 12.1 Å². The minimum Gasteiger partial charge on any atom is -0.392 e. The third-order valence-electron chi connectivity index (χ3n) is 4.39. The Balaban J connectivity index is 1.59. The minimum absolute atomic E-state index is 0.0710. The first-order valence-corrected chi connectivity index (χ1v) is 8.05. The number of rotatable bonds is 6. The fourth-order valence-corrected chi connectivity index (χ4v) is 3.02. The van der Waals surface area contributed by atoms with Crippen LogP contribution in [0.1, 0.15) is 53.4 Å². The Hall–Kier alpha value is -2.32. The molecule has 1 aliphatic carbocycles. The van der Waals surface area contributed by atoms with E-state index in [2.05, 4.69) is 20.5 Å². The van der Waals surface area contributed by atoms with Gasteiger partial charge in [0.15, 0.2) is 5.82 Å². The number of nitrogens with zero attached hydrogens (tertiary/aromatic N) is 4. The highest BCUT2D eigenvalue weighted by molar-refractivity contribution is 5.92. The summed E-state index contributed by atoms with van der Waals surface area (Å²) >= 11 is 0. The Morgan fingerprint density at radius 1 is 1.33 bits per heavy atom. The van der Waals surface area contributed by atoms with Gasteiger partial charge in [0, 0.05) is 24.7 Å². The predicted molar refractivity (Wildman–Crippen MR) is 85.0 cm³/mol. The third-order valence-corrected chi connectivity index (χ3v) is 4.39. The number of aliphatic hydroxyl groups is 2. The fourth-order valence-electron chi connectivity index (χ4n) is 3.02. The monoisotopic (exact) mass is 331 g/mol. The summed E-state index contributed by atoms with van der Waals surface area (Å²) in [5.41, 5.74) is 0.971. The molecule has 3 N–H and O–H groups in total. The van der Waals surface area contributed by atoms with Crippen molar-refractivity contribution >= 4 is 5.91 Å². The van der Waals surface area contributed by atoms with Gasteiger partial charge in [-0.1, -0.05) is 0 Å². The number of carbonyl (C=O) groups excluding carboxylic acids is 1. The number of amides is 1. The first kappa shape index (κ1) is 16.5. The molecule has 2 aromatic rings. The molecule has 0 atom stereocenters. The summed E-state index contributed by atoms with van der Waals surface area (Å²) in [6, 6.07) is 3.33. The van der Waals surface area contributed by atoms with Gasteiger partial charge in [-0.3, -0.25) is 9.78 Å². The van der Waals surface area contributed by atoms with E-state index in [0.717, 1.165) is 18.7 Å². The summed E-state index contributed by atoms with van der Waals surface area (Å²) in [5.74, 6) is 1.44. The van der Waals surface area contributed by atoms with Gasteiger partial charge in [-0.25, -0.2) is 0 Å². The maximum atomic E-state index is 12.2. The molecular weight excluding hydrogens is 310 g/mol. The van der Waals surface area contributed by atoms with Crippen molar-refractivity contribution in [2.24, 2.45) is 0 Å². The molecule has 128 valence electrons. The topological polar surface area (TPSA) is 113 Å². The second kappa shape index (κ2) is 7.06. The van der Waals surface area contributed by atoms with Crippen molar-refractivity contribution in [2.75, 3.05) is 0 Å². The molecule has 0 aliphatic heterocycles. The molecule has 24 heavy (non-hydrogen) atoms.